The Labute approximate surface area is 88.4 Å². The Hall–Kier alpha value is -0.710. The van der Waals surface area contributed by atoms with E-state index in [-0.39, 0.29) is 24.9 Å². The van der Waals surface area contributed by atoms with E-state index in [1.165, 1.54) is 7.11 Å². The highest BCUT2D eigenvalue weighted by Crippen LogP contribution is 2.27. The topological polar surface area (TPSA) is 29.5 Å². The predicted octanol–water partition coefficient (Wildman–Crippen LogP) is 1.53. The number of carbonyl (C=O) groups is 1. The Morgan fingerprint density at radius 3 is 2.67 bits per heavy atom. The van der Waals surface area contributed by atoms with Crippen LogP contribution >= 0.6 is 0 Å². The third-order valence-corrected chi connectivity index (χ3v) is 2.75. The molecule has 88 valence electrons. The van der Waals surface area contributed by atoms with Gasteiger partial charge in [-0.1, -0.05) is 6.92 Å². The average molecular weight is 221 g/mol. The van der Waals surface area contributed by atoms with E-state index in [2.05, 4.69) is 4.74 Å². The summed E-state index contributed by atoms with van der Waals surface area (Å²) in [7, 11) is 1.32. The molecule has 1 rings (SSSR count). The molecule has 1 heterocycles. The highest BCUT2D eigenvalue weighted by Gasteiger charge is 2.39. The monoisotopic (exact) mass is 221 g/mol. The molecule has 1 aliphatic rings. The van der Waals surface area contributed by atoms with Gasteiger partial charge in [-0.25, -0.2) is 8.78 Å². The SMILES string of the molecule is CCC(CN1CCC(F)(F)C1)C(=O)OC. The van der Waals surface area contributed by atoms with E-state index in [1.807, 2.05) is 6.92 Å². The van der Waals surface area contributed by atoms with Gasteiger partial charge in [0, 0.05) is 19.5 Å². The van der Waals surface area contributed by atoms with Crippen LogP contribution in [0.2, 0.25) is 0 Å². The fraction of sp³-hybridized carbons (Fsp3) is 0.900. The number of likely N-dealkylation sites (tertiary alicyclic amines) is 1. The second kappa shape index (κ2) is 4.88. The van der Waals surface area contributed by atoms with E-state index in [9.17, 15) is 13.6 Å². The maximum Gasteiger partial charge on any atom is 0.309 e. The fourth-order valence-electron chi connectivity index (χ4n) is 1.81. The summed E-state index contributed by atoms with van der Waals surface area (Å²) in [4.78, 5) is 12.9. The van der Waals surface area contributed by atoms with Crippen LogP contribution in [0.25, 0.3) is 0 Å². The van der Waals surface area contributed by atoms with E-state index in [4.69, 9.17) is 0 Å². The van der Waals surface area contributed by atoms with Crippen molar-refractivity contribution in [1.82, 2.24) is 4.90 Å². The Kier molecular flexibility index (Phi) is 4.02. The van der Waals surface area contributed by atoms with Gasteiger partial charge in [0.15, 0.2) is 0 Å². The summed E-state index contributed by atoms with van der Waals surface area (Å²) in [5, 5.41) is 0. The number of rotatable bonds is 4. The first-order valence-corrected chi connectivity index (χ1v) is 5.16. The molecule has 1 saturated heterocycles. The van der Waals surface area contributed by atoms with Crippen molar-refractivity contribution >= 4 is 5.97 Å². The number of hydrogen-bond acceptors (Lipinski definition) is 3. The molecule has 3 nitrogen and oxygen atoms in total. The highest BCUT2D eigenvalue weighted by atomic mass is 19.3. The van der Waals surface area contributed by atoms with Crippen LogP contribution in [0.15, 0.2) is 0 Å². The summed E-state index contributed by atoms with van der Waals surface area (Å²) in [6.07, 6.45) is 0.513. The number of nitrogens with zero attached hydrogens (tertiary/aromatic N) is 1. The third-order valence-electron chi connectivity index (χ3n) is 2.75. The van der Waals surface area contributed by atoms with Gasteiger partial charge in [-0.05, 0) is 6.42 Å². The Morgan fingerprint density at radius 1 is 1.60 bits per heavy atom. The van der Waals surface area contributed by atoms with Crippen molar-refractivity contribution in [2.45, 2.75) is 25.7 Å². The fourth-order valence-corrected chi connectivity index (χ4v) is 1.81. The Morgan fingerprint density at radius 2 is 2.27 bits per heavy atom. The van der Waals surface area contributed by atoms with E-state index in [1.54, 1.807) is 4.90 Å². The lowest BCUT2D eigenvalue weighted by Gasteiger charge is -2.20. The Balaban J connectivity index is 2.43. The van der Waals surface area contributed by atoms with Gasteiger partial charge in [0.25, 0.3) is 5.92 Å². The van der Waals surface area contributed by atoms with E-state index >= 15 is 0 Å². The molecule has 1 atom stereocenters. The minimum absolute atomic E-state index is 0.107. The van der Waals surface area contributed by atoms with Crippen molar-refractivity contribution in [3.63, 3.8) is 0 Å². The van der Waals surface area contributed by atoms with Crippen molar-refractivity contribution in [1.29, 1.82) is 0 Å². The molecule has 0 aromatic rings. The molecule has 15 heavy (non-hydrogen) atoms. The number of halogens is 2. The number of alkyl halides is 2. The van der Waals surface area contributed by atoms with Crippen molar-refractivity contribution in [3.05, 3.63) is 0 Å². The van der Waals surface area contributed by atoms with E-state index < -0.39 is 5.92 Å². The average Bonchev–Trinajstić information content (AvgIpc) is 2.53. The summed E-state index contributed by atoms with van der Waals surface area (Å²) in [5.74, 6) is -3.19. The second-order valence-corrected chi connectivity index (χ2v) is 3.97. The summed E-state index contributed by atoms with van der Waals surface area (Å²) in [6.45, 7) is 2.36. The first-order chi connectivity index (χ1) is 6.98. The minimum Gasteiger partial charge on any atom is -0.469 e. The normalized spacial score (nSPS) is 22.7. The lowest BCUT2D eigenvalue weighted by molar-refractivity contribution is -0.146. The van der Waals surface area contributed by atoms with Crippen LogP contribution in [0.1, 0.15) is 19.8 Å². The summed E-state index contributed by atoms with van der Waals surface area (Å²) in [6, 6.07) is 0. The van der Waals surface area contributed by atoms with Crippen LogP contribution in [0.5, 0.6) is 0 Å². The van der Waals surface area contributed by atoms with Crippen molar-refractivity contribution in [2.75, 3.05) is 26.7 Å². The predicted molar refractivity (Wildman–Crippen MR) is 51.8 cm³/mol. The van der Waals surface area contributed by atoms with Gasteiger partial charge in [0.2, 0.25) is 0 Å². The Bertz CT molecular complexity index is 233. The highest BCUT2D eigenvalue weighted by molar-refractivity contribution is 5.72. The maximum atomic E-state index is 12.9. The second-order valence-electron chi connectivity index (χ2n) is 3.97. The molecule has 1 unspecified atom stereocenters. The molecule has 0 bridgehead atoms. The number of carbonyl (C=O) groups excluding carboxylic acids is 1. The van der Waals surface area contributed by atoms with Crippen molar-refractivity contribution in [3.8, 4) is 0 Å². The van der Waals surface area contributed by atoms with Gasteiger partial charge >= 0.3 is 5.97 Å². The van der Waals surface area contributed by atoms with Crippen LogP contribution < -0.4 is 0 Å². The molecule has 1 fully saturated rings. The van der Waals surface area contributed by atoms with Gasteiger partial charge in [0.1, 0.15) is 0 Å². The van der Waals surface area contributed by atoms with Crippen LogP contribution in [-0.2, 0) is 9.53 Å². The summed E-state index contributed by atoms with van der Waals surface area (Å²) < 4.78 is 30.4. The molecule has 0 aromatic heterocycles. The lowest BCUT2D eigenvalue weighted by Crippen LogP contribution is -2.33. The largest absolute Gasteiger partial charge is 0.469 e. The first-order valence-electron chi connectivity index (χ1n) is 5.16. The van der Waals surface area contributed by atoms with Crippen molar-refractivity contribution in [2.24, 2.45) is 5.92 Å². The molecule has 0 aromatic carbocycles. The molecule has 0 spiro atoms. The zero-order valence-corrected chi connectivity index (χ0v) is 9.13. The molecular weight excluding hydrogens is 204 g/mol. The summed E-state index contributed by atoms with van der Waals surface area (Å²) in [5.41, 5.74) is 0. The van der Waals surface area contributed by atoms with Gasteiger partial charge in [-0.3, -0.25) is 9.69 Å². The van der Waals surface area contributed by atoms with Gasteiger partial charge in [-0.2, -0.15) is 0 Å². The van der Waals surface area contributed by atoms with Gasteiger partial charge in [-0.15, -0.1) is 0 Å². The number of ether oxygens (including phenoxy) is 1. The first kappa shape index (κ1) is 12.4. The number of hydrogen-bond donors (Lipinski definition) is 0. The molecule has 0 saturated carbocycles. The standard InChI is InChI=1S/C10H17F2NO2/c1-3-8(9(14)15-2)6-13-5-4-10(11,12)7-13/h8H,3-7H2,1-2H3. The number of esters is 1. The lowest BCUT2D eigenvalue weighted by atomic mass is 10.1. The third kappa shape index (κ3) is 3.41. The molecule has 0 N–H and O–H groups in total. The summed E-state index contributed by atoms with van der Waals surface area (Å²) >= 11 is 0. The van der Waals surface area contributed by atoms with Crippen LogP contribution in [0, 0.1) is 5.92 Å². The van der Waals surface area contributed by atoms with E-state index in [0.29, 0.717) is 19.5 Å². The molecular formula is C10H17F2NO2. The van der Waals surface area contributed by atoms with Crippen LogP contribution in [0.4, 0.5) is 8.78 Å². The quantitative estimate of drug-likeness (QED) is 0.674. The number of methoxy groups -OCH3 is 1. The maximum absolute atomic E-state index is 12.9. The van der Waals surface area contributed by atoms with Gasteiger partial charge in [0.05, 0.1) is 19.6 Å². The van der Waals surface area contributed by atoms with Gasteiger partial charge < -0.3 is 4.74 Å². The molecule has 5 heteroatoms. The van der Waals surface area contributed by atoms with Crippen molar-refractivity contribution < 1.29 is 18.3 Å². The van der Waals surface area contributed by atoms with Crippen LogP contribution in [0.3, 0.4) is 0 Å². The van der Waals surface area contributed by atoms with E-state index in [0.717, 1.165) is 0 Å². The molecule has 0 amide bonds. The zero-order chi connectivity index (χ0) is 11.5. The molecule has 0 radical (unpaired) electrons. The minimum atomic E-state index is -2.59. The molecule has 0 aliphatic carbocycles. The smallest absolute Gasteiger partial charge is 0.309 e. The molecule has 1 aliphatic heterocycles. The zero-order valence-electron chi connectivity index (χ0n) is 9.13. The van der Waals surface area contributed by atoms with Crippen LogP contribution in [-0.4, -0.2) is 43.5 Å².